The first kappa shape index (κ1) is 36.6. The number of hydrogen-bond acceptors (Lipinski definition) is 7. The summed E-state index contributed by atoms with van der Waals surface area (Å²) in [6.45, 7) is 3.80. The predicted molar refractivity (Wildman–Crippen MR) is 107 cm³/mol. The fraction of sp³-hybridized carbons (Fsp3) is 1.00. The molecule has 0 fully saturated rings. The zero-order valence-corrected chi connectivity index (χ0v) is 26.6. The van der Waals surface area contributed by atoms with Gasteiger partial charge in [0.05, 0.1) is 20.2 Å². The molecule has 29 heavy (non-hydrogen) atoms. The fourth-order valence-corrected chi connectivity index (χ4v) is 4.05. The molecule has 0 aliphatic rings. The molecule has 0 saturated heterocycles. The molecule has 0 atom stereocenters. The van der Waals surface area contributed by atoms with Gasteiger partial charge in [-0.1, -0.05) is 64.7 Å². The summed E-state index contributed by atoms with van der Waals surface area (Å²) in [6, 6.07) is 0. The van der Waals surface area contributed by atoms with E-state index in [4.69, 9.17) is 0 Å². The third-order valence-corrected chi connectivity index (χ3v) is 6.14. The number of nitrogens with zero attached hydrogens (tertiary/aromatic N) is 1. The van der Waals surface area contributed by atoms with Gasteiger partial charge < -0.3 is 14.0 Å². The first-order chi connectivity index (χ1) is 12.6. The Bertz CT molecular complexity index is 521. The Morgan fingerprint density at radius 2 is 0.862 bits per heavy atom. The minimum atomic E-state index is -4.23. The van der Waals surface area contributed by atoms with Gasteiger partial charge in [-0.05, 0) is 38.9 Å². The zero-order valence-electron chi connectivity index (χ0n) is 18.7. The van der Waals surface area contributed by atoms with E-state index in [9.17, 15) is 25.9 Å². The number of rotatable bonds is 19. The van der Waals surface area contributed by atoms with Crippen molar-refractivity contribution in [3.8, 4) is 0 Å². The van der Waals surface area contributed by atoms with Gasteiger partial charge in [0, 0.05) is 11.5 Å². The largest absolute Gasteiger partial charge is 1.00 e. The van der Waals surface area contributed by atoms with Crippen LogP contribution in [0.4, 0.5) is 0 Å². The minimum absolute atomic E-state index is 0. The van der Waals surface area contributed by atoms with E-state index in [0.29, 0.717) is 13.1 Å². The second-order valence-corrected chi connectivity index (χ2v) is 10.3. The smallest absolute Gasteiger partial charge is 0.748 e. The van der Waals surface area contributed by atoms with Gasteiger partial charge in [0.25, 0.3) is 0 Å². The second kappa shape index (κ2) is 22.8. The summed E-state index contributed by atoms with van der Waals surface area (Å²) in [5, 5.41) is 0. The van der Waals surface area contributed by atoms with E-state index in [1.165, 1.54) is 44.9 Å². The maximum absolute atomic E-state index is 10.7. The third kappa shape index (κ3) is 31.1. The molecule has 0 rings (SSSR count). The van der Waals surface area contributed by atoms with Crippen LogP contribution in [-0.2, 0) is 20.2 Å². The van der Waals surface area contributed by atoms with E-state index in [1.807, 2.05) is 4.90 Å². The van der Waals surface area contributed by atoms with Crippen LogP contribution in [0.3, 0.4) is 0 Å². The van der Waals surface area contributed by atoms with E-state index in [0.717, 1.165) is 25.8 Å². The molecule has 164 valence electrons. The molecule has 0 aromatic heterocycles. The average molecular weight is 506 g/mol. The Morgan fingerprint density at radius 1 is 0.552 bits per heavy atom. The standard InChI is InChI=1S/C18H39NO6S2.2K/c1-2-3-4-5-6-7-8-9-10-11-14-19(15-12-17-26(20,21)22)16-13-18-27(23,24)25;;/h2-18H2,1H3,(H,20,21,22)(H,23,24,25);;/q;2*+1/p-2. The van der Waals surface area contributed by atoms with Crippen molar-refractivity contribution in [3.05, 3.63) is 0 Å². The first-order valence-electron chi connectivity index (χ1n) is 10.2. The molecule has 11 heteroatoms. The third-order valence-electron chi connectivity index (χ3n) is 4.57. The molecule has 0 aromatic rings. The molecule has 0 N–H and O–H groups in total. The van der Waals surface area contributed by atoms with Crippen LogP contribution in [-0.4, -0.2) is 62.0 Å². The SMILES string of the molecule is CCCCCCCCCCCCN(CCCS(=O)(=O)[O-])CCCS(=O)(=O)[O-].[K+].[K+]. The van der Waals surface area contributed by atoms with Gasteiger partial charge in [0.2, 0.25) is 0 Å². The van der Waals surface area contributed by atoms with Crippen LogP contribution in [0.2, 0.25) is 0 Å². The Balaban J connectivity index is -0.00000338. The van der Waals surface area contributed by atoms with Gasteiger partial charge in [-0.25, -0.2) is 16.8 Å². The van der Waals surface area contributed by atoms with Crippen molar-refractivity contribution >= 4 is 20.2 Å². The van der Waals surface area contributed by atoms with Crippen molar-refractivity contribution in [2.24, 2.45) is 0 Å². The van der Waals surface area contributed by atoms with E-state index < -0.39 is 31.7 Å². The predicted octanol–water partition coefficient (Wildman–Crippen LogP) is -2.91. The van der Waals surface area contributed by atoms with Crippen LogP contribution in [0.25, 0.3) is 0 Å². The molecule has 0 aromatic carbocycles. The topological polar surface area (TPSA) is 118 Å². The van der Waals surface area contributed by atoms with Crippen LogP contribution >= 0.6 is 0 Å². The molecule has 0 heterocycles. The summed E-state index contributed by atoms with van der Waals surface area (Å²) < 4.78 is 64.2. The Hall–Kier alpha value is 3.05. The van der Waals surface area contributed by atoms with Gasteiger partial charge in [0.15, 0.2) is 0 Å². The molecule has 0 aliphatic carbocycles. The van der Waals surface area contributed by atoms with Crippen LogP contribution < -0.4 is 103 Å². The Morgan fingerprint density at radius 3 is 1.21 bits per heavy atom. The molecular formula is C18H37K2NO6S2. The van der Waals surface area contributed by atoms with Gasteiger partial charge in [-0.15, -0.1) is 0 Å². The summed E-state index contributed by atoms with van der Waals surface area (Å²) in [7, 11) is -8.46. The first-order valence-corrected chi connectivity index (χ1v) is 13.4. The van der Waals surface area contributed by atoms with Crippen molar-refractivity contribution in [1.29, 1.82) is 0 Å². The van der Waals surface area contributed by atoms with Gasteiger partial charge in [0.1, 0.15) is 0 Å². The van der Waals surface area contributed by atoms with Crippen molar-refractivity contribution in [1.82, 2.24) is 4.90 Å². The zero-order chi connectivity index (χ0) is 20.6. The maximum atomic E-state index is 10.7. The van der Waals surface area contributed by atoms with Crippen LogP contribution in [0, 0.1) is 0 Å². The van der Waals surface area contributed by atoms with E-state index in [-0.39, 0.29) is 116 Å². The fourth-order valence-electron chi connectivity index (χ4n) is 3.09. The van der Waals surface area contributed by atoms with E-state index in [2.05, 4.69) is 6.92 Å². The molecule has 0 spiro atoms. The van der Waals surface area contributed by atoms with E-state index in [1.54, 1.807) is 0 Å². The van der Waals surface area contributed by atoms with Crippen LogP contribution in [0.1, 0.15) is 84.0 Å². The molecule has 0 bridgehead atoms. The van der Waals surface area contributed by atoms with Crippen molar-refractivity contribution in [2.75, 3.05) is 31.1 Å². The van der Waals surface area contributed by atoms with Crippen LogP contribution in [0.5, 0.6) is 0 Å². The van der Waals surface area contributed by atoms with Gasteiger partial charge >= 0.3 is 103 Å². The van der Waals surface area contributed by atoms with Crippen LogP contribution in [0.15, 0.2) is 0 Å². The molecular weight excluding hydrogens is 469 g/mol. The monoisotopic (exact) mass is 505 g/mol. The number of hydrogen-bond donors (Lipinski definition) is 0. The van der Waals surface area contributed by atoms with Gasteiger partial charge in [-0.3, -0.25) is 0 Å². The average Bonchev–Trinajstić information content (AvgIpc) is 2.53. The molecule has 0 aliphatic heterocycles. The molecule has 0 radical (unpaired) electrons. The Kier molecular flexibility index (Phi) is 28.8. The number of unbranched alkanes of at least 4 members (excludes halogenated alkanes) is 9. The maximum Gasteiger partial charge on any atom is 1.00 e. The second-order valence-electron chi connectivity index (χ2n) is 7.25. The summed E-state index contributed by atoms with van der Waals surface area (Å²) in [6.07, 6.45) is 12.6. The molecule has 0 saturated carbocycles. The Labute approximate surface area is 264 Å². The summed E-state index contributed by atoms with van der Waals surface area (Å²) in [5.41, 5.74) is 0. The van der Waals surface area contributed by atoms with Crippen molar-refractivity contribution in [3.63, 3.8) is 0 Å². The normalized spacial score (nSPS) is 11.9. The summed E-state index contributed by atoms with van der Waals surface area (Å²) in [5.74, 6) is -0.831. The van der Waals surface area contributed by atoms with E-state index >= 15 is 0 Å². The molecule has 0 unspecified atom stereocenters. The quantitative estimate of drug-likeness (QED) is 0.105. The minimum Gasteiger partial charge on any atom is -0.748 e. The molecule has 7 nitrogen and oxygen atoms in total. The van der Waals surface area contributed by atoms with Crippen molar-refractivity contribution in [2.45, 2.75) is 84.0 Å². The molecule has 0 amide bonds. The van der Waals surface area contributed by atoms with Gasteiger partial charge in [-0.2, -0.15) is 0 Å². The summed E-state index contributed by atoms with van der Waals surface area (Å²) >= 11 is 0. The summed E-state index contributed by atoms with van der Waals surface area (Å²) in [4.78, 5) is 1.96. The van der Waals surface area contributed by atoms with Crippen molar-refractivity contribution < 1.29 is 129 Å².